The predicted molar refractivity (Wildman–Crippen MR) is 71.7 cm³/mol. The van der Waals surface area contributed by atoms with Crippen LogP contribution >= 0.6 is 11.8 Å². The van der Waals surface area contributed by atoms with Gasteiger partial charge < -0.3 is 0 Å². The third-order valence-corrected chi connectivity index (χ3v) is 3.59. The van der Waals surface area contributed by atoms with Gasteiger partial charge in [0.2, 0.25) is 11.1 Å². The van der Waals surface area contributed by atoms with Gasteiger partial charge in [-0.25, -0.2) is 15.8 Å². The fraction of sp³-hybridized carbons (Fsp3) is 0.0909. The van der Waals surface area contributed by atoms with Crippen LogP contribution in [0, 0.1) is 6.92 Å². The molecular weight excluding hydrogens is 262 g/mol. The number of rotatable bonds is 3. The van der Waals surface area contributed by atoms with E-state index in [1.807, 2.05) is 35.7 Å². The second-order valence-electron chi connectivity index (χ2n) is 3.84. The molecule has 3 rings (SSSR count). The Hall–Kier alpha value is -2.19. The molecule has 8 heteroatoms. The zero-order chi connectivity index (χ0) is 13.2. The van der Waals surface area contributed by atoms with Crippen molar-refractivity contribution in [1.29, 1.82) is 0 Å². The standard InChI is InChI=1S/C11H11N7S/c1-7-6-13-10(15-12)14-9(7)19-11-17-16-8-4-2-3-5-18(8)11/h2-6H,12H2,1H3,(H,13,14,15). The summed E-state index contributed by atoms with van der Waals surface area (Å²) in [6.45, 7) is 1.94. The molecule has 0 aliphatic carbocycles. The monoisotopic (exact) mass is 273 g/mol. The Morgan fingerprint density at radius 1 is 1.32 bits per heavy atom. The molecule has 0 fully saturated rings. The lowest BCUT2D eigenvalue weighted by molar-refractivity contribution is 0.910. The summed E-state index contributed by atoms with van der Waals surface area (Å²) in [5.41, 5.74) is 4.19. The molecule has 0 atom stereocenters. The maximum absolute atomic E-state index is 5.32. The first-order valence-electron chi connectivity index (χ1n) is 5.56. The topological polar surface area (TPSA) is 94.0 Å². The van der Waals surface area contributed by atoms with Crippen LogP contribution in [0.5, 0.6) is 0 Å². The van der Waals surface area contributed by atoms with Crippen LogP contribution in [-0.2, 0) is 0 Å². The first-order valence-corrected chi connectivity index (χ1v) is 6.37. The lowest BCUT2D eigenvalue weighted by atomic mass is 10.4. The minimum Gasteiger partial charge on any atom is -0.292 e. The fourth-order valence-corrected chi connectivity index (χ4v) is 2.43. The zero-order valence-electron chi connectivity index (χ0n) is 10.1. The Labute approximate surface area is 113 Å². The third-order valence-electron chi connectivity index (χ3n) is 2.52. The molecule has 0 aliphatic rings. The van der Waals surface area contributed by atoms with Gasteiger partial charge in [0, 0.05) is 18.0 Å². The highest BCUT2D eigenvalue weighted by Crippen LogP contribution is 2.27. The molecule has 3 heterocycles. The number of aryl methyl sites for hydroxylation is 1. The molecule has 0 radical (unpaired) electrons. The summed E-state index contributed by atoms with van der Waals surface area (Å²) in [7, 11) is 0. The number of fused-ring (bicyclic) bond motifs is 1. The van der Waals surface area contributed by atoms with Crippen LogP contribution in [-0.4, -0.2) is 24.6 Å². The first-order chi connectivity index (χ1) is 9.28. The van der Waals surface area contributed by atoms with Crippen LogP contribution in [0.3, 0.4) is 0 Å². The van der Waals surface area contributed by atoms with Gasteiger partial charge in [0.05, 0.1) is 0 Å². The highest BCUT2D eigenvalue weighted by Gasteiger charge is 2.10. The lowest BCUT2D eigenvalue weighted by Gasteiger charge is -2.04. The van der Waals surface area contributed by atoms with Crippen molar-refractivity contribution < 1.29 is 0 Å². The van der Waals surface area contributed by atoms with Crippen molar-refractivity contribution in [3.63, 3.8) is 0 Å². The van der Waals surface area contributed by atoms with Crippen molar-refractivity contribution >= 4 is 23.4 Å². The van der Waals surface area contributed by atoms with Crippen LogP contribution in [0.2, 0.25) is 0 Å². The molecule has 7 nitrogen and oxygen atoms in total. The molecule has 0 aromatic carbocycles. The van der Waals surface area contributed by atoms with Gasteiger partial charge in [-0.15, -0.1) is 10.2 Å². The summed E-state index contributed by atoms with van der Waals surface area (Å²) in [6.07, 6.45) is 3.63. The largest absolute Gasteiger partial charge is 0.292 e. The molecule has 0 saturated carbocycles. The zero-order valence-corrected chi connectivity index (χ0v) is 10.9. The van der Waals surface area contributed by atoms with Crippen molar-refractivity contribution in [3.05, 3.63) is 36.2 Å². The van der Waals surface area contributed by atoms with Gasteiger partial charge in [0.15, 0.2) is 5.65 Å². The summed E-state index contributed by atoms with van der Waals surface area (Å²) < 4.78 is 1.90. The molecule has 0 aliphatic heterocycles. The van der Waals surface area contributed by atoms with E-state index in [0.717, 1.165) is 21.4 Å². The number of pyridine rings is 1. The van der Waals surface area contributed by atoms with Crippen molar-refractivity contribution in [2.45, 2.75) is 17.1 Å². The van der Waals surface area contributed by atoms with E-state index in [1.54, 1.807) is 6.20 Å². The summed E-state index contributed by atoms with van der Waals surface area (Å²) >= 11 is 1.42. The van der Waals surface area contributed by atoms with E-state index in [4.69, 9.17) is 5.84 Å². The van der Waals surface area contributed by atoms with Gasteiger partial charge in [-0.2, -0.15) is 0 Å². The summed E-state index contributed by atoms with van der Waals surface area (Å²) in [5, 5.41) is 9.79. The minimum atomic E-state index is 0.377. The second kappa shape index (κ2) is 4.82. The number of nitrogens with zero attached hydrogens (tertiary/aromatic N) is 5. The summed E-state index contributed by atoms with van der Waals surface area (Å²) in [5.74, 6) is 5.69. The van der Waals surface area contributed by atoms with E-state index in [-0.39, 0.29) is 0 Å². The fourth-order valence-electron chi connectivity index (χ4n) is 1.57. The van der Waals surface area contributed by atoms with Crippen LogP contribution in [0.1, 0.15) is 5.56 Å². The van der Waals surface area contributed by atoms with Gasteiger partial charge in [0.1, 0.15) is 5.03 Å². The van der Waals surface area contributed by atoms with Gasteiger partial charge in [-0.05, 0) is 30.8 Å². The molecule has 0 bridgehead atoms. The van der Waals surface area contributed by atoms with E-state index in [9.17, 15) is 0 Å². The Balaban J connectivity index is 2.01. The van der Waals surface area contributed by atoms with Crippen LogP contribution in [0.25, 0.3) is 5.65 Å². The number of nitrogens with one attached hydrogen (secondary N) is 1. The van der Waals surface area contributed by atoms with E-state index in [0.29, 0.717) is 5.95 Å². The molecular formula is C11H11N7S. The third kappa shape index (κ3) is 2.23. The average Bonchev–Trinajstić information content (AvgIpc) is 2.85. The van der Waals surface area contributed by atoms with E-state index in [1.165, 1.54) is 11.8 Å². The van der Waals surface area contributed by atoms with Crippen LogP contribution < -0.4 is 11.3 Å². The highest BCUT2D eigenvalue weighted by atomic mass is 32.2. The van der Waals surface area contributed by atoms with Crippen molar-refractivity contribution in [2.75, 3.05) is 5.43 Å². The molecule has 3 N–H and O–H groups in total. The highest BCUT2D eigenvalue weighted by molar-refractivity contribution is 7.99. The molecule has 19 heavy (non-hydrogen) atoms. The number of hydrogen-bond acceptors (Lipinski definition) is 7. The minimum absolute atomic E-state index is 0.377. The Kier molecular flexibility index (Phi) is 3.02. The molecule has 96 valence electrons. The van der Waals surface area contributed by atoms with E-state index >= 15 is 0 Å². The molecule has 0 saturated heterocycles. The average molecular weight is 273 g/mol. The number of hydrogen-bond donors (Lipinski definition) is 2. The van der Waals surface area contributed by atoms with E-state index < -0.39 is 0 Å². The SMILES string of the molecule is Cc1cnc(NN)nc1Sc1nnc2ccccn12. The number of anilines is 1. The Bertz CT molecular complexity index is 724. The van der Waals surface area contributed by atoms with Crippen LogP contribution in [0.4, 0.5) is 5.95 Å². The molecule has 3 aromatic heterocycles. The van der Waals surface area contributed by atoms with Gasteiger partial charge in [-0.3, -0.25) is 9.83 Å². The summed E-state index contributed by atoms with van der Waals surface area (Å²) in [6, 6.07) is 5.75. The number of nitrogens with two attached hydrogens (primary N) is 1. The lowest BCUT2D eigenvalue weighted by Crippen LogP contribution is -2.11. The number of hydrazine groups is 1. The molecule has 3 aromatic rings. The predicted octanol–water partition coefficient (Wildman–Crippen LogP) is 1.26. The maximum Gasteiger partial charge on any atom is 0.238 e. The Morgan fingerprint density at radius 3 is 3.05 bits per heavy atom. The first kappa shape index (κ1) is 11.9. The van der Waals surface area contributed by atoms with Crippen LogP contribution in [0.15, 0.2) is 40.8 Å². The number of aromatic nitrogens is 5. The smallest absolute Gasteiger partial charge is 0.238 e. The van der Waals surface area contributed by atoms with Crippen molar-refractivity contribution in [3.8, 4) is 0 Å². The van der Waals surface area contributed by atoms with Gasteiger partial charge in [-0.1, -0.05) is 6.07 Å². The van der Waals surface area contributed by atoms with Crippen molar-refractivity contribution in [1.82, 2.24) is 24.6 Å². The molecule has 0 spiro atoms. The Morgan fingerprint density at radius 2 is 2.21 bits per heavy atom. The van der Waals surface area contributed by atoms with Gasteiger partial charge in [0.25, 0.3) is 0 Å². The number of nitrogen functional groups attached to an aromatic ring is 1. The maximum atomic E-state index is 5.32. The van der Waals surface area contributed by atoms with Gasteiger partial charge >= 0.3 is 0 Å². The normalized spacial score (nSPS) is 10.8. The van der Waals surface area contributed by atoms with E-state index in [2.05, 4.69) is 25.6 Å². The summed E-state index contributed by atoms with van der Waals surface area (Å²) in [4.78, 5) is 8.35. The molecule has 0 amide bonds. The quantitative estimate of drug-likeness (QED) is 0.421. The second-order valence-corrected chi connectivity index (χ2v) is 4.80. The van der Waals surface area contributed by atoms with Crippen molar-refractivity contribution in [2.24, 2.45) is 5.84 Å². The molecule has 0 unspecified atom stereocenters.